The number of benzene rings is 1. The maximum absolute atomic E-state index is 12.6. The number of urea groups is 1. The molecule has 3 amide bonds. The van der Waals surface area contributed by atoms with Gasteiger partial charge in [-0.05, 0) is 30.5 Å². The molecule has 0 saturated heterocycles. The predicted octanol–water partition coefficient (Wildman–Crippen LogP) is 3.01. The summed E-state index contributed by atoms with van der Waals surface area (Å²) < 4.78 is 0. The summed E-state index contributed by atoms with van der Waals surface area (Å²) in [7, 11) is 0. The maximum atomic E-state index is 12.6. The number of rotatable bonds is 3. The Kier molecular flexibility index (Phi) is 3.93. The highest BCUT2D eigenvalue weighted by Crippen LogP contribution is 2.30. The van der Waals surface area contributed by atoms with Gasteiger partial charge in [0.25, 0.3) is 5.91 Å². The second-order valence-corrected chi connectivity index (χ2v) is 5.88. The summed E-state index contributed by atoms with van der Waals surface area (Å²) in [6.45, 7) is 1.74. The van der Waals surface area contributed by atoms with Crippen molar-refractivity contribution in [2.24, 2.45) is 0 Å². The van der Waals surface area contributed by atoms with E-state index in [9.17, 15) is 9.59 Å². The smallest absolute Gasteiger partial charge is 0.319 e. The Morgan fingerprint density at radius 2 is 1.95 bits per heavy atom. The number of thiophene rings is 1. The van der Waals surface area contributed by atoms with Crippen LogP contribution < -0.4 is 16.0 Å². The second-order valence-electron chi connectivity index (χ2n) is 4.91. The third kappa shape index (κ3) is 2.87. The quantitative estimate of drug-likeness (QED) is 0.815. The van der Waals surface area contributed by atoms with Crippen molar-refractivity contribution in [3.8, 4) is 0 Å². The fraction of sp³-hybridized carbons (Fsp3) is 0.125. The summed E-state index contributed by atoms with van der Waals surface area (Å²) in [4.78, 5) is 25.3. The van der Waals surface area contributed by atoms with E-state index in [1.807, 2.05) is 47.8 Å². The summed E-state index contributed by atoms with van der Waals surface area (Å²) in [6, 6.07) is 12.3. The predicted molar refractivity (Wildman–Crippen MR) is 86.5 cm³/mol. The van der Waals surface area contributed by atoms with E-state index in [2.05, 4.69) is 16.0 Å². The Bertz CT molecular complexity index is 723. The van der Waals surface area contributed by atoms with Crippen molar-refractivity contribution >= 4 is 29.0 Å². The molecule has 0 aliphatic carbocycles. The van der Waals surface area contributed by atoms with Gasteiger partial charge >= 0.3 is 6.03 Å². The van der Waals surface area contributed by atoms with Gasteiger partial charge in [0.1, 0.15) is 0 Å². The first-order chi connectivity index (χ1) is 10.6. The Morgan fingerprint density at radius 1 is 1.18 bits per heavy atom. The molecule has 6 heteroatoms. The number of anilines is 1. The molecular weight excluding hydrogens is 298 g/mol. The zero-order chi connectivity index (χ0) is 15.5. The zero-order valence-electron chi connectivity index (χ0n) is 11.9. The lowest BCUT2D eigenvalue weighted by Gasteiger charge is -2.27. The number of nitrogens with one attached hydrogen (secondary N) is 3. The van der Waals surface area contributed by atoms with E-state index in [0.717, 1.165) is 10.6 Å². The van der Waals surface area contributed by atoms with Crippen LogP contribution in [0.4, 0.5) is 10.5 Å². The molecule has 0 spiro atoms. The fourth-order valence-corrected chi connectivity index (χ4v) is 3.17. The lowest BCUT2D eigenvalue weighted by atomic mass is 10.0. The minimum Gasteiger partial charge on any atom is -0.326 e. The van der Waals surface area contributed by atoms with Crippen molar-refractivity contribution in [2.45, 2.75) is 13.0 Å². The van der Waals surface area contributed by atoms with Crippen molar-refractivity contribution < 1.29 is 9.59 Å². The molecule has 2 aromatic rings. The molecule has 1 aliphatic heterocycles. The molecule has 22 heavy (non-hydrogen) atoms. The lowest BCUT2D eigenvalue weighted by Crippen LogP contribution is -2.45. The largest absolute Gasteiger partial charge is 0.326 e. The number of hydrogen-bond acceptors (Lipinski definition) is 3. The first-order valence-electron chi connectivity index (χ1n) is 6.83. The summed E-state index contributed by atoms with van der Waals surface area (Å²) in [6.07, 6.45) is 0. The van der Waals surface area contributed by atoms with Crippen molar-refractivity contribution in [1.82, 2.24) is 10.6 Å². The molecule has 1 aromatic heterocycles. The number of carbonyl (C=O) groups excluding carboxylic acids is 2. The molecule has 3 N–H and O–H groups in total. The van der Waals surface area contributed by atoms with E-state index in [1.165, 1.54) is 11.3 Å². The molecule has 0 unspecified atom stereocenters. The molecule has 0 bridgehead atoms. The van der Waals surface area contributed by atoms with Crippen molar-refractivity contribution in [3.05, 3.63) is 64.0 Å². The molecule has 112 valence electrons. The van der Waals surface area contributed by atoms with Crippen LogP contribution in [0.1, 0.15) is 17.8 Å². The highest BCUT2D eigenvalue weighted by Gasteiger charge is 2.31. The van der Waals surface area contributed by atoms with Crippen LogP contribution in [0.15, 0.2) is 59.1 Å². The van der Waals surface area contributed by atoms with Gasteiger partial charge in [-0.25, -0.2) is 4.79 Å². The second kappa shape index (κ2) is 6.03. The van der Waals surface area contributed by atoms with Gasteiger partial charge in [0, 0.05) is 16.3 Å². The number of hydrogen-bond donors (Lipinski definition) is 3. The standard InChI is InChI=1S/C16H15N3O2S/c1-10-13(15(20)18-11-6-3-2-4-7-11)14(19-16(21)17-10)12-8-5-9-22-12/h2-9,14H,1H3,(H,18,20)(H2,17,19,21)/t14-/m0/s1. The van der Waals surface area contributed by atoms with Gasteiger partial charge in [-0.15, -0.1) is 11.3 Å². The Morgan fingerprint density at radius 3 is 2.64 bits per heavy atom. The normalized spacial score (nSPS) is 17.7. The highest BCUT2D eigenvalue weighted by molar-refractivity contribution is 7.10. The van der Waals surface area contributed by atoms with Crippen LogP contribution in [-0.4, -0.2) is 11.9 Å². The van der Waals surface area contributed by atoms with E-state index in [0.29, 0.717) is 11.3 Å². The van der Waals surface area contributed by atoms with Gasteiger partial charge in [-0.2, -0.15) is 0 Å². The molecule has 1 atom stereocenters. The number of allylic oxidation sites excluding steroid dienone is 1. The Labute approximate surface area is 132 Å². The highest BCUT2D eigenvalue weighted by atomic mass is 32.1. The van der Waals surface area contributed by atoms with Crippen LogP contribution in [0.5, 0.6) is 0 Å². The number of amides is 3. The fourth-order valence-electron chi connectivity index (χ4n) is 2.38. The van der Waals surface area contributed by atoms with E-state index in [-0.39, 0.29) is 11.9 Å². The van der Waals surface area contributed by atoms with Gasteiger partial charge in [0.2, 0.25) is 0 Å². The van der Waals surface area contributed by atoms with Crippen LogP contribution in [0.2, 0.25) is 0 Å². The molecule has 5 nitrogen and oxygen atoms in total. The van der Waals surface area contributed by atoms with Gasteiger partial charge in [0.15, 0.2) is 0 Å². The average Bonchev–Trinajstić information content (AvgIpc) is 3.01. The molecule has 1 aromatic carbocycles. The maximum Gasteiger partial charge on any atom is 0.319 e. The van der Waals surface area contributed by atoms with Gasteiger partial charge in [-0.3, -0.25) is 4.79 Å². The first kappa shape index (κ1) is 14.3. The molecule has 2 heterocycles. The molecule has 3 rings (SSSR count). The minimum atomic E-state index is -0.433. The average molecular weight is 313 g/mol. The van der Waals surface area contributed by atoms with Crippen LogP contribution in [0.25, 0.3) is 0 Å². The SMILES string of the molecule is CC1=C(C(=O)Nc2ccccc2)[C@H](c2cccs2)NC(=O)N1. The molecule has 0 radical (unpaired) electrons. The summed E-state index contributed by atoms with van der Waals surface area (Å²) in [5, 5.41) is 10.3. The van der Waals surface area contributed by atoms with Crippen molar-refractivity contribution in [2.75, 3.05) is 5.32 Å². The van der Waals surface area contributed by atoms with E-state index >= 15 is 0 Å². The summed E-state index contributed by atoms with van der Waals surface area (Å²) in [5.41, 5.74) is 1.80. The summed E-state index contributed by atoms with van der Waals surface area (Å²) in [5.74, 6) is -0.227. The minimum absolute atomic E-state index is 0.227. The van der Waals surface area contributed by atoms with Gasteiger partial charge < -0.3 is 16.0 Å². The molecule has 0 fully saturated rings. The summed E-state index contributed by atoms with van der Waals surface area (Å²) >= 11 is 1.50. The van der Waals surface area contributed by atoms with Crippen LogP contribution in [0, 0.1) is 0 Å². The van der Waals surface area contributed by atoms with Crippen LogP contribution in [0.3, 0.4) is 0 Å². The number of para-hydroxylation sites is 1. The molecule has 0 saturated carbocycles. The zero-order valence-corrected chi connectivity index (χ0v) is 12.7. The van der Waals surface area contributed by atoms with Crippen LogP contribution in [-0.2, 0) is 4.79 Å². The topological polar surface area (TPSA) is 70.2 Å². The monoisotopic (exact) mass is 313 g/mol. The van der Waals surface area contributed by atoms with E-state index in [4.69, 9.17) is 0 Å². The Balaban J connectivity index is 1.92. The Hall–Kier alpha value is -2.60. The van der Waals surface area contributed by atoms with Crippen LogP contribution >= 0.6 is 11.3 Å². The molecule has 1 aliphatic rings. The number of carbonyl (C=O) groups is 2. The third-order valence-corrected chi connectivity index (χ3v) is 4.31. The molecular formula is C16H15N3O2S. The lowest BCUT2D eigenvalue weighted by molar-refractivity contribution is -0.113. The van der Waals surface area contributed by atoms with E-state index < -0.39 is 6.04 Å². The first-order valence-corrected chi connectivity index (χ1v) is 7.71. The van der Waals surface area contributed by atoms with Crippen molar-refractivity contribution in [1.29, 1.82) is 0 Å². The van der Waals surface area contributed by atoms with Gasteiger partial charge in [-0.1, -0.05) is 24.3 Å². The third-order valence-electron chi connectivity index (χ3n) is 3.37. The van der Waals surface area contributed by atoms with Crippen molar-refractivity contribution in [3.63, 3.8) is 0 Å². The van der Waals surface area contributed by atoms with Gasteiger partial charge in [0.05, 0.1) is 11.6 Å². The van der Waals surface area contributed by atoms with E-state index in [1.54, 1.807) is 6.92 Å².